The predicted molar refractivity (Wildman–Crippen MR) is 61.4 cm³/mol. The van der Waals surface area contributed by atoms with E-state index in [-0.39, 0.29) is 12.5 Å². The molecule has 1 unspecified atom stereocenters. The minimum Gasteiger partial charge on any atom is -0.271 e. The Kier molecular flexibility index (Phi) is 5.24. The molecule has 3 N–H and O–H groups in total. The maximum absolute atomic E-state index is 12.0. The number of halogens is 4. The maximum atomic E-state index is 12.0. The van der Waals surface area contributed by atoms with Gasteiger partial charge in [0.25, 0.3) is 0 Å². The van der Waals surface area contributed by atoms with Crippen molar-refractivity contribution in [2.75, 3.05) is 0 Å². The zero-order valence-electron chi connectivity index (χ0n) is 9.10. The van der Waals surface area contributed by atoms with Crippen LogP contribution in [0.25, 0.3) is 0 Å². The van der Waals surface area contributed by atoms with E-state index in [1.54, 1.807) is 24.3 Å². The molecule has 0 saturated heterocycles. The summed E-state index contributed by atoms with van der Waals surface area (Å²) in [7, 11) is 0. The molecule has 6 heteroatoms. The van der Waals surface area contributed by atoms with Gasteiger partial charge in [0.15, 0.2) is 0 Å². The van der Waals surface area contributed by atoms with Crippen LogP contribution in [0.5, 0.6) is 0 Å². The van der Waals surface area contributed by atoms with E-state index in [1.165, 1.54) is 0 Å². The van der Waals surface area contributed by atoms with Crippen molar-refractivity contribution in [1.82, 2.24) is 5.43 Å². The molecule has 1 aromatic carbocycles. The molecule has 0 aliphatic rings. The van der Waals surface area contributed by atoms with Gasteiger partial charge >= 0.3 is 6.18 Å². The van der Waals surface area contributed by atoms with E-state index in [4.69, 9.17) is 17.4 Å². The Balaban J connectivity index is 2.51. The van der Waals surface area contributed by atoms with Crippen molar-refractivity contribution >= 4 is 11.6 Å². The summed E-state index contributed by atoms with van der Waals surface area (Å²) in [6, 6.07) is 6.59. The quantitative estimate of drug-likeness (QED) is 0.631. The smallest absolute Gasteiger partial charge is 0.271 e. The molecule has 96 valence electrons. The van der Waals surface area contributed by atoms with Crippen LogP contribution in [0.3, 0.4) is 0 Å². The number of nitrogens with two attached hydrogens (primary N) is 1. The minimum atomic E-state index is -4.11. The molecule has 0 heterocycles. The number of alkyl halides is 3. The first-order valence-electron chi connectivity index (χ1n) is 5.21. The van der Waals surface area contributed by atoms with E-state index < -0.39 is 12.6 Å². The van der Waals surface area contributed by atoms with Crippen LogP contribution in [-0.2, 0) is 0 Å². The van der Waals surface area contributed by atoms with Gasteiger partial charge < -0.3 is 0 Å². The third-order valence-electron chi connectivity index (χ3n) is 2.43. The zero-order valence-corrected chi connectivity index (χ0v) is 9.85. The van der Waals surface area contributed by atoms with Crippen LogP contribution in [0.1, 0.15) is 30.9 Å². The molecule has 17 heavy (non-hydrogen) atoms. The SMILES string of the molecule is NNC(CCCC(F)(F)F)c1ccc(Cl)cc1. The monoisotopic (exact) mass is 266 g/mol. The van der Waals surface area contributed by atoms with E-state index in [9.17, 15) is 13.2 Å². The van der Waals surface area contributed by atoms with Gasteiger partial charge in [-0.05, 0) is 30.5 Å². The molecule has 1 atom stereocenters. The predicted octanol–water partition coefficient (Wildman–Crippen LogP) is 3.58. The van der Waals surface area contributed by atoms with Crippen molar-refractivity contribution in [2.45, 2.75) is 31.5 Å². The lowest BCUT2D eigenvalue weighted by Crippen LogP contribution is -2.28. The molecule has 0 aliphatic heterocycles. The number of rotatable bonds is 5. The third kappa shape index (κ3) is 5.39. The summed E-state index contributed by atoms with van der Waals surface area (Å²) in [5.74, 6) is 5.33. The number of benzene rings is 1. The van der Waals surface area contributed by atoms with Gasteiger partial charge in [-0.2, -0.15) is 13.2 Å². The second-order valence-electron chi connectivity index (χ2n) is 3.78. The summed E-state index contributed by atoms with van der Waals surface area (Å²) in [5.41, 5.74) is 3.35. The standard InChI is InChI=1S/C11H14ClF3N2/c12-9-5-3-8(4-6-9)10(17-16)2-1-7-11(13,14)15/h3-6,10,17H,1-2,7,16H2. The van der Waals surface area contributed by atoms with Gasteiger partial charge in [0.1, 0.15) is 0 Å². The lowest BCUT2D eigenvalue weighted by atomic mass is 10.0. The second kappa shape index (κ2) is 6.23. The van der Waals surface area contributed by atoms with Crippen molar-refractivity contribution in [3.05, 3.63) is 34.9 Å². The fourth-order valence-corrected chi connectivity index (χ4v) is 1.67. The fourth-order valence-electron chi connectivity index (χ4n) is 1.55. The molecule has 1 rings (SSSR count). The molecule has 0 bridgehead atoms. The Morgan fingerprint density at radius 1 is 1.24 bits per heavy atom. The van der Waals surface area contributed by atoms with Crippen LogP contribution >= 0.6 is 11.6 Å². The average molecular weight is 267 g/mol. The van der Waals surface area contributed by atoms with Crippen molar-refractivity contribution in [3.63, 3.8) is 0 Å². The van der Waals surface area contributed by atoms with Crippen LogP contribution in [-0.4, -0.2) is 6.18 Å². The highest BCUT2D eigenvalue weighted by Gasteiger charge is 2.26. The van der Waals surface area contributed by atoms with Crippen molar-refractivity contribution in [1.29, 1.82) is 0 Å². The number of nitrogens with one attached hydrogen (secondary N) is 1. The minimum absolute atomic E-state index is 0.0427. The highest BCUT2D eigenvalue weighted by Crippen LogP contribution is 2.26. The molecule has 0 amide bonds. The van der Waals surface area contributed by atoms with Gasteiger partial charge in [-0.15, -0.1) is 0 Å². The normalized spacial score (nSPS) is 13.7. The molecular weight excluding hydrogens is 253 g/mol. The second-order valence-corrected chi connectivity index (χ2v) is 4.21. The molecule has 0 aliphatic carbocycles. The molecular formula is C11H14ClF3N2. The summed E-state index contributed by atoms with van der Waals surface area (Å²) in [6.45, 7) is 0. The third-order valence-corrected chi connectivity index (χ3v) is 2.68. The first kappa shape index (κ1) is 14.3. The van der Waals surface area contributed by atoms with E-state index in [0.717, 1.165) is 5.56 Å². The lowest BCUT2D eigenvalue weighted by molar-refractivity contribution is -0.135. The summed E-state index contributed by atoms with van der Waals surface area (Å²) in [4.78, 5) is 0. The Bertz CT molecular complexity index is 338. The molecule has 0 spiro atoms. The molecule has 0 radical (unpaired) electrons. The van der Waals surface area contributed by atoms with Gasteiger partial charge in [-0.25, -0.2) is 0 Å². The van der Waals surface area contributed by atoms with Gasteiger partial charge in [-0.1, -0.05) is 23.7 Å². The van der Waals surface area contributed by atoms with Gasteiger partial charge in [-0.3, -0.25) is 11.3 Å². The van der Waals surface area contributed by atoms with Crippen molar-refractivity contribution in [2.24, 2.45) is 5.84 Å². The first-order chi connectivity index (χ1) is 7.92. The molecule has 0 aromatic heterocycles. The summed E-state index contributed by atoms with van der Waals surface area (Å²) in [6.07, 6.45) is -4.53. The average Bonchev–Trinajstić information content (AvgIpc) is 2.24. The van der Waals surface area contributed by atoms with E-state index in [2.05, 4.69) is 5.43 Å². The largest absolute Gasteiger partial charge is 0.389 e. The number of hydrogen-bond donors (Lipinski definition) is 2. The number of hydrazine groups is 1. The van der Waals surface area contributed by atoms with Gasteiger partial charge in [0.2, 0.25) is 0 Å². The topological polar surface area (TPSA) is 38.0 Å². The highest BCUT2D eigenvalue weighted by atomic mass is 35.5. The molecule has 0 fully saturated rings. The lowest BCUT2D eigenvalue weighted by Gasteiger charge is -2.16. The Morgan fingerprint density at radius 2 is 1.82 bits per heavy atom. The number of hydrogen-bond acceptors (Lipinski definition) is 2. The Hall–Kier alpha value is -0.780. The van der Waals surface area contributed by atoms with Crippen molar-refractivity contribution in [3.8, 4) is 0 Å². The Morgan fingerprint density at radius 3 is 2.29 bits per heavy atom. The van der Waals surface area contributed by atoms with Crippen LogP contribution in [0.4, 0.5) is 13.2 Å². The van der Waals surface area contributed by atoms with Crippen LogP contribution in [0.2, 0.25) is 5.02 Å². The van der Waals surface area contributed by atoms with Gasteiger partial charge in [0, 0.05) is 17.5 Å². The van der Waals surface area contributed by atoms with Crippen molar-refractivity contribution < 1.29 is 13.2 Å². The zero-order chi connectivity index (χ0) is 12.9. The van der Waals surface area contributed by atoms with E-state index in [1.807, 2.05) is 0 Å². The van der Waals surface area contributed by atoms with Gasteiger partial charge in [0.05, 0.1) is 0 Å². The maximum Gasteiger partial charge on any atom is 0.389 e. The first-order valence-corrected chi connectivity index (χ1v) is 5.58. The molecule has 1 aromatic rings. The molecule has 0 saturated carbocycles. The fraction of sp³-hybridized carbons (Fsp3) is 0.455. The van der Waals surface area contributed by atoms with Crippen LogP contribution in [0, 0.1) is 0 Å². The van der Waals surface area contributed by atoms with Crippen LogP contribution < -0.4 is 11.3 Å². The molecule has 2 nitrogen and oxygen atoms in total. The summed E-state index contributed by atoms with van der Waals surface area (Å²) < 4.78 is 36.0. The van der Waals surface area contributed by atoms with E-state index in [0.29, 0.717) is 11.4 Å². The van der Waals surface area contributed by atoms with Crippen LogP contribution in [0.15, 0.2) is 24.3 Å². The Labute approximate surface area is 103 Å². The van der Waals surface area contributed by atoms with E-state index >= 15 is 0 Å². The summed E-state index contributed by atoms with van der Waals surface area (Å²) in [5, 5.41) is 0.583. The summed E-state index contributed by atoms with van der Waals surface area (Å²) >= 11 is 5.72. The highest BCUT2D eigenvalue weighted by molar-refractivity contribution is 6.30.